The molecule has 2 fully saturated rings. The number of methoxy groups -OCH3 is 1. The summed E-state index contributed by atoms with van der Waals surface area (Å²) >= 11 is 0. The molecule has 7 nitrogen and oxygen atoms in total. The highest BCUT2D eigenvalue weighted by atomic mass is 16.5. The number of fused-ring (bicyclic) bond motifs is 5. The number of urea groups is 1. The topological polar surface area (TPSA) is 87.7 Å². The van der Waals surface area contributed by atoms with Gasteiger partial charge in [-0.3, -0.25) is 14.5 Å². The van der Waals surface area contributed by atoms with Gasteiger partial charge in [0.25, 0.3) is 0 Å². The number of carbonyl (C=O) groups is 3. The molecule has 1 saturated carbocycles. The van der Waals surface area contributed by atoms with E-state index in [4.69, 9.17) is 4.74 Å². The number of rotatable bonds is 5. The van der Waals surface area contributed by atoms with E-state index in [1.165, 1.54) is 4.90 Å². The molecule has 26 heavy (non-hydrogen) atoms. The van der Waals surface area contributed by atoms with Crippen molar-refractivity contribution in [3.8, 4) is 5.75 Å². The summed E-state index contributed by atoms with van der Waals surface area (Å²) in [5, 5.41) is 5.39. The number of imide groups is 1. The summed E-state index contributed by atoms with van der Waals surface area (Å²) in [5.41, 5.74) is 0.633. The smallest absolute Gasteiger partial charge is 0.319 e. The third-order valence-corrected chi connectivity index (χ3v) is 5.53. The number of carbonyl (C=O) groups excluding carboxylic acids is 3. The van der Waals surface area contributed by atoms with Crippen LogP contribution < -0.4 is 15.4 Å². The molecule has 1 heterocycles. The van der Waals surface area contributed by atoms with Crippen molar-refractivity contribution in [2.75, 3.05) is 25.5 Å². The van der Waals surface area contributed by atoms with Crippen molar-refractivity contribution >= 4 is 23.5 Å². The Labute approximate surface area is 151 Å². The van der Waals surface area contributed by atoms with Gasteiger partial charge in [-0.15, -0.1) is 0 Å². The van der Waals surface area contributed by atoms with E-state index >= 15 is 0 Å². The number of hydrogen-bond donors (Lipinski definition) is 2. The molecular weight excluding hydrogens is 334 g/mol. The highest BCUT2D eigenvalue weighted by molar-refractivity contribution is 6.06. The van der Waals surface area contributed by atoms with Crippen LogP contribution >= 0.6 is 0 Å². The summed E-state index contributed by atoms with van der Waals surface area (Å²) in [6, 6.07) is 6.58. The lowest BCUT2D eigenvalue weighted by Gasteiger charge is -2.17. The molecule has 0 spiro atoms. The fraction of sp³-hybridized carbons (Fsp3) is 0.421. The minimum atomic E-state index is -0.379. The standard InChI is InChI=1S/C19H21N3O4/c1-26-14-6-4-13(5-7-14)21-19(25)20-8-9-22-17(23)15-11-2-3-12(10-11)16(15)18(22)24/h2-7,11-12,15-16H,8-10H2,1H3,(H2,20,21,25)/t11-,12-,15-,16-/m0/s1. The van der Waals surface area contributed by atoms with Crippen molar-refractivity contribution in [1.82, 2.24) is 10.2 Å². The SMILES string of the molecule is COc1ccc(NC(=O)NCCN2C(=O)[C@@H]3[C@@H](C2=O)[C@H]2C=C[C@H]3C2)cc1. The van der Waals surface area contributed by atoms with Crippen LogP contribution in [0.15, 0.2) is 36.4 Å². The van der Waals surface area contributed by atoms with E-state index in [0.29, 0.717) is 11.4 Å². The summed E-state index contributed by atoms with van der Waals surface area (Å²) < 4.78 is 5.06. The lowest BCUT2D eigenvalue weighted by Crippen LogP contribution is -2.40. The predicted octanol–water partition coefficient (Wildman–Crippen LogP) is 1.62. The molecule has 2 N–H and O–H groups in total. The number of benzene rings is 1. The molecular formula is C19H21N3O4. The number of nitrogens with one attached hydrogen (secondary N) is 2. The molecule has 4 rings (SSSR count). The largest absolute Gasteiger partial charge is 0.497 e. The van der Waals surface area contributed by atoms with Gasteiger partial charge in [-0.2, -0.15) is 0 Å². The Kier molecular flexibility index (Phi) is 4.14. The molecule has 136 valence electrons. The Hall–Kier alpha value is -2.83. The molecule has 2 aliphatic carbocycles. The van der Waals surface area contributed by atoms with Crippen molar-refractivity contribution in [2.45, 2.75) is 6.42 Å². The van der Waals surface area contributed by atoms with Crippen LogP contribution in [-0.2, 0) is 9.59 Å². The first-order valence-electron chi connectivity index (χ1n) is 8.81. The van der Waals surface area contributed by atoms with Crippen molar-refractivity contribution in [3.05, 3.63) is 36.4 Å². The highest BCUT2D eigenvalue weighted by Crippen LogP contribution is 2.52. The highest BCUT2D eigenvalue weighted by Gasteiger charge is 2.58. The van der Waals surface area contributed by atoms with Gasteiger partial charge in [0, 0.05) is 18.8 Å². The number of likely N-dealkylation sites (tertiary alicyclic amines) is 1. The first-order chi connectivity index (χ1) is 12.6. The van der Waals surface area contributed by atoms with Crippen molar-refractivity contribution in [2.24, 2.45) is 23.7 Å². The first-order valence-corrected chi connectivity index (χ1v) is 8.81. The fourth-order valence-corrected chi connectivity index (χ4v) is 4.32. The molecule has 2 bridgehead atoms. The molecule has 4 amide bonds. The predicted molar refractivity (Wildman–Crippen MR) is 94.5 cm³/mol. The van der Waals surface area contributed by atoms with Crippen molar-refractivity contribution in [1.29, 1.82) is 0 Å². The minimum absolute atomic E-state index is 0.0887. The second-order valence-electron chi connectivity index (χ2n) is 6.94. The zero-order valence-corrected chi connectivity index (χ0v) is 14.5. The minimum Gasteiger partial charge on any atom is -0.497 e. The zero-order chi connectivity index (χ0) is 18.3. The van der Waals surface area contributed by atoms with Crippen LogP contribution in [0.3, 0.4) is 0 Å². The van der Waals surface area contributed by atoms with Gasteiger partial charge >= 0.3 is 6.03 Å². The summed E-state index contributed by atoms with van der Waals surface area (Å²) in [5.74, 6) is 0.561. The van der Waals surface area contributed by atoms with Gasteiger partial charge in [-0.25, -0.2) is 4.79 Å². The van der Waals surface area contributed by atoms with Gasteiger partial charge in [0.1, 0.15) is 5.75 Å². The average Bonchev–Trinajstić information content (AvgIpc) is 3.32. The van der Waals surface area contributed by atoms with Crippen LogP contribution in [-0.4, -0.2) is 42.9 Å². The summed E-state index contributed by atoms with van der Waals surface area (Å²) in [7, 11) is 1.58. The van der Waals surface area contributed by atoms with E-state index in [1.54, 1.807) is 31.4 Å². The average molecular weight is 355 g/mol. The Morgan fingerprint density at radius 3 is 2.31 bits per heavy atom. The number of anilines is 1. The number of ether oxygens (including phenoxy) is 1. The lowest BCUT2D eigenvalue weighted by molar-refractivity contribution is -0.140. The van der Waals surface area contributed by atoms with E-state index < -0.39 is 0 Å². The first kappa shape index (κ1) is 16.6. The van der Waals surface area contributed by atoms with E-state index in [-0.39, 0.29) is 54.6 Å². The molecule has 4 atom stereocenters. The van der Waals surface area contributed by atoms with Gasteiger partial charge in [-0.1, -0.05) is 12.2 Å². The number of nitrogens with zero attached hydrogens (tertiary/aromatic N) is 1. The molecule has 1 aromatic rings. The van der Waals surface area contributed by atoms with Crippen LogP contribution in [0.1, 0.15) is 6.42 Å². The van der Waals surface area contributed by atoms with E-state index in [0.717, 1.165) is 6.42 Å². The lowest BCUT2D eigenvalue weighted by atomic mass is 9.85. The molecule has 3 aliphatic rings. The maximum Gasteiger partial charge on any atom is 0.319 e. The van der Waals surface area contributed by atoms with Crippen molar-refractivity contribution in [3.63, 3.8) is 0 Å². The van der Waals surface area contributed by atoms with Gasteiger partial charge in [0.2, 0.25) is 11.8 Å². The van der Waals surface area contributed by atoms with Gasteiger partial charge in [0.05, 0.1) is 18.9 Å². The van der Waals surface area contributed by atoms with Crippen LogP contribution in [0, 0.1) is 23.7 Å². The quantitative estimate of drug-likeness (QED) is 0.621. The van der Waals surface area contributed by atoms with Crippen LogP contribution in [0.4, 0.5) is 10.5 Å². The van der Waals surface area contributed by atoms with E-state index in [2.05, 4.69) is 22.8 Å². The summed E-state index contributed by atoms with van der Waals surface area (Å²) in [6.07, 6.45) is 5.06. The number of amides is 4. The van der Waals surface area contributed by atoms with Crippen LogP contribution in [0.2, 0.25) is 0 Å². The summed E-state index contributed by atoms with van der Waals surface area (Å²) in [4.78, 5) is 38.4. The van der Waals surface area contributed by atoms with Crippen LogP contribution in [0.5, 0.6) is 5.75 Å². The Morgan fingerprint density at radius 1 is 1.12 bits per heavy atom. The van der Waals surface area contributed by atoms with Gasteiger partial charge < -0.3 is 15.4 Å². The maximum atomic E-state index is 12.5. The van der Waals surface area contributed by atoms with Crippen LogP contribution in [0.25, 0.3) is 0 Å². The van der Waals surface area contributed by atoms with E-state index in [1.807, 2.05) is 0 Å². The fourth-order valence-electron chi connectivity index (χ4n) is 4.32. The summed E-state index contributed by atoms with van der Waals surface area (Å²) in [6.45, 7) is 0.432. The molecule has 7 heteroatoms. The number of hydrogen-bond acceptors (Lipinski definition) is 4. The zero-order valence-electron chi connectivity index (χ0n) is 14.5. The Balaban J connectivity index is 1.27. The normalized spacial score (nSPS) is 28.4. The molecule has 0 radical (unpaired) electrons. The monoisotopic (exact) mass is 355 g/mol. The third kappa shape index (κ3) is 2.73. The molecule has 1 saturated heterocycles. The Bertz CT molecular complexity index is 743. The molecule has 1 aliphatic heterocycles. The second kappa shape index (κ2) is 6.48. The second-order valence-corrected chi connectivity index (χ2v) is 6.94. The maximum absolute atomic E-state index is 12.5. The molecule has 1 aromatic carbocycles. The number of allylic oxidation sites excluding steroid dienone is 2. The van der Waals surface area contributed by atoms with Gasteiger partial charge in [-0.05, 0) is 42.5 Å². The Morgan fingerprint density at radius 2 is 1.73 bits per heavy atom. The van der Waals surface area contributed by atoms with Gasteiger partial charge in [0.15, 0.2) is 0 Å². The van der Waals surface area contributed by atoms with E-state index in [9.17, 15) is 14.4 Å². The van der Waals surface area contributed by atoms with Crippen molar-refractivity contribution < 1.29 is 19.1 Å². The molecule has 0 aromatic heterocycles. The third-order valence-electron chi connectivity index (χ3n) is 5.53. The molecule has 0 unspecified atom stereocenters.